The van der Waals surface area contributed by atoms with Crippen molar-refractivity contribution in [1.82, 2.24) is 0 Å². The summed E-state index contributed by atoms with van der Waals surface area (Å²) in [5, 5.41) is 20.1. The fourth-order valence-electron chi connectivity index (χ4n) is 1.60. The van der Waals surface area contributed by atoms with Crippen LogP contribution in [0.5, 0.6) is 11.5 Å². The smallest absolute Gasteiger partial charge is 0.120 e. The Hall–Kier alpha value is -1.38. The summed E-state index contributed by atoms with van der Waals surface area (Å²) in [7, 11) is 0. The molecule has 2 aromatic carbocycles. The number of para-hydroxylation sites is 1. The van der Waals surface area contributed by atoms with Crippen LogP contribution in [0.4, 0.5) is 0 Å². The molecule has 0 saturated carbocycles. The summed E-state index contributed by atoms with van der Waals surface area (Å²) in [6.45, 7) is 0. The molecule has 0 spiro atoms. The minimum atomic E-state index is 0.0719. The van der Waals surface area contributed by atoms with Crippen LogP contribution in [0.3, 0.4) is 0 Å². The molecule has 0 unspecified atom stereocenters. The van der Waals surface area contributed by atoms with Crippen molar-refractivity contribution in [2.75, 3.05) is 0 Å². The third kappa shape index (κ3) is 2.48. The van der Waals surface area contributed by atoms with E-state index in [0.717, 1.165) is 0 Å². The van der Waals surface area contributed by atoms with Gasteiger partial charge in [-0.05, 0) is 23.8 Å². The highest BCUT2D eigenvalue weighted by molar-refractivity contribution is 6.42. The summed E-state index contributed by atoms with van der Waals surface area (Å²) >= 11 is 11.9. The number of hydrogen-bond acceptors (Lipinski definition) is 2. The van der Waals surface area contributed by atoms with Crippen LogP contribution in [0.25, 0.3) is 0 Å². The van der Waals surface area contributed by atoms with Crippen molar-refractivity contribution in [3.8, 4) is 11.5 Å². The topological polar surface area (TPSA) is 40.5 Å². The van der Waals surface area contributed by atoms with Crippen molar-refractivity contribution in [3.63, 3.8) is 0 Å². The minimum absolute atomic E-state index is 0.0719. The largest absolute Gasteiger partial charge is 0.508 e. The van der Waals surface area contributed by atoms with Crippen LogP contribution in [0.15, 0.2) is 36.4 Å². The molecule has 0 aliphatic rings. The standard InChI is InChI=1S/C13H10Cl2O2/c14-10-5-6-12(17)9(13(10)15)7-8-3-1-2-4-11(8)16/h1-6,16-17H,7H2. The van der Waals surface area contributed by atoms with E-state index < -0.39 is 0 Å². The minimum Gasteiger partial charge on any atom is -0.508 e. The van der Waals surface area contributed by atoms with Gasteiger partial charge >= 0.3 is 0 Å². The maximum atomic E-state index is 9.74. The molecule has 2 aromatic rings. The number of aromatic hydroxyl groups is 2. The zero-order valence-corrected chi connectivity index (χ0v) is 10.3. The summed E-state index contributed by atoms with van der Waals surface area (Å²) in [6.07, 6.45) is 0.331. The first-order valence-electron chi connectivity index (χ1n) is 5.02. The Bertz CT molecular complexity index is 553. The summed E-state index contributed by atoms with van der Waals surface area (Å²) < 4.78 is 0. The van der Waals surface area contributed by atoms with E-state index in [9.17, 15) is 10.2 Å². The predicted octanol–water partition coefficient (Wildman–Crippen LogP) is 4.00. The lowest BCUT2D eigenvalue weighted by Gasteiger charge is -2.09. The van der Waals surface area contributed by atoms with Gasteiger partial charge in [-0.3, -0.25) is 0 Å². The summed E-state index contributed by atoms with van der Waals surface area (Å²) in [5.41, 5.74) is 1.20. The summed E-state index contributed by atoms with van der Waals surface area (Å²) in [5.74, 6) is 0.241. The van der Waals surface area contributed by atoms with Crippen molar-refractivity contribution >= 4 is 23.2 Å². The number of rotatable bonds is 2. The van der Waals surface area contributed by atoms with Gasteiger partial charge in [0.1, 0.15) is 11.5 Å². The van der Waals surface area contributed by atoms with Crippen molar-refractivity contribution in [2.24, 2.45) is 0 Å². The molecule has 0 fully saturated rings. The Morgan fingerprint density at radius 2 is 1.59 bits per heavy atom. The first-order valence-corrected chi connectivity index (χ1v) is 5.78. The Balaban J connectivity index is 2.43. The molecule has 2 nitrogen and oxygen atoms in total. The van der Waals surface area contributed by atoms with E-state index in [1.165, 1.54) is 12.1 Å². The van der Waals surface area contributed by atoms with Crippen LogP contribution in [0.1, 0.15) is 11.1 Å². The fraction of sp³-hybridized carbons (Fsp3) is 0.0769. The molecule has 0 radical (unpaired) electrons. The first kappa shape index (κ1) is 12.1. The molecule has 0 atom stereocenters. The van der Waals surface area contributed by atoms with E-state index in [1.807, 2.05) is 6.07 Å². The van der Waals surface area contributed by atoms with Crippen molar-refractivity contribution in [2.45, 2.75) is 6.42 Å². The molecule has 17 heavy (non-hydrogen) atoms. The normalized spacial score (nSPS) is 10.5. The SMILES string of the molecule is Oc1ccccc1Cc1c(O)ccc(Cl)c1Cl. The van der Waals surface area contributed by atoms with E-state index in [4.69, 9.17) is 23.2 Å². The number of halogens is 2. The van der Waals surface area contributed by atoms with Crippen molar-refractivity contribution in [3.05, 3.63) is 57.6 Å². The average molecular weight is 269 g/mol. The molecule has 88 valence electrons. The number of hydrogen-bond donors (Lipinski definition) is 2. The molecule has 0 amide bonds. The molecule has 0 bridgehead atoms. The quantitative estimate of drug-likeness (QED) is 0.865. The molecule has 0 heterocycles. The van der Waals surface area contributed by atoms with Crippen molar-refractivity contribution in [1.29, 1.82) is 0 Å². The Morgan fingerprint density at radius 3 is 2.29 bits per heavy atom. The van der Waals surface area contributed by atoms with Gasteiger partial charge < -0.3 is 10.2 Å². The fourth-order valence-corrected chi connectivity index (χ4v) is 2.01. The van der Waals surface area contributed by atoms with Crippen LogP contribution < -0.4 is 0 Å². The van der Waals surface area contributed by atoms with Gasteiger partial charge in [0.25, 0.3) is 0 Å². The molecule has 0 saturated heterocycles. The van der Waals surface area contributed by atoms with E-state index in [0.29, 0.717) is 27.6 Å². The van der Waals surface area contributed by atoms with Gasteiger partial charge in [-0.15, -0.1) is 0 Å². The highest BCUT2D eigenvalue weighted by Gasteiger charge is 2.12. The molecular formula is C13H10Cl2O2. The lowest BCUT2D eigenvalue weighted by Crippen LogP contribution is -1.91. The van der Waals surface area contributed by atoms with E-state index in [-0.39, 0.29) is 11.5 Å². The van der Waals surface area contributed by atoms with Crippen molar-refractivity contribution < 1.29 is 10.2 Å². The third-order valence-corrected chi connectivity index (χ3v) is 3.37. The Kier molecular flexibility index (Phi) is 3.46. The number of benzene rings is 2. The molecule has 4 heteroatoms. The summed E-state index contributed by atoms with van der Waals surface area (Å²) in [6, 6.07) is 9.93. The second-order valence-electron chi connectivity index (χ2n) is 3.66. The molecule has 0 aliphatic carbocycles. The highest BCUT2D eigenvalue weighted by atomic mass is 35.5. The van der Waals surface area contributed by atoms with Gasteiger partial charge in [-0.25, -0.2) is 0 Å². The third-order valence-electron chi connectivity index (χ3n) is 2.53. The Labute approximate surface area is 109 Å². The maximum Gasteiger partial charge on any atom is 0.120 e. The van der Waals surface area contributed by atoms with Gasteiger partial charge in [-0.2, -0.15) is 0 Å². The molecular weight excluding hydrogens is 259 g/mol. The van der Waals surface area contributed by atoms with Gasteiger partial charge in [0.2, 0.25) is 0 Å². The molecule has 0 aliphatic heterocycles. The van der Waals surface area contributed by atoms with Gasteiger partial charge in [-0.1, -0.05) is 41.4 Å². The first-order chi connectivity index (χ1) is 8.09. The van der Waals surface area contributed by atoms with E-state index in [1.54, 1.807) is 18.2 Å². The van der Waals surface area contributed by atoms with Crippen LogP contribution in [-0.2, 0) is 6.42 Å². The van der Waals surface area contributed by atoms with Crippen LogP contribution >= 0.6 is 23.2 Å². The maximum absolute atomic E-state index is 9.74. The number of phenols is 2. The second kappa shape index (κ2) is 4.86. The van der Waals surface area contributed by atoms with E-state index in [2.05, 4.69) is 0 Å². The lowest BCUT2D eigenvalue weighted by molar-refractivity contribution is 0.463. The number of phenolic OH excluding ortho intramolecular Hbond substituents is 2. The molecule has 0 aromatic heterocycles. The zero-order valence-electron chi connectivity index (χ0n) is 8.82. The Morgan fingerprint density at radius 1 is 0.882 bits per heavy atom. The molecule has 2 rings (SSSR count). The zero-order chi connectivity index (χ0) is 12.4. The average Bonchev–Trinajstić information content (AvgIpc) is 2.32. The molecule has 2 N–H and O–H groups in total. The van der Waals surface area contributed by atoms with Crippen LogP contribution in [0.2, 0.25) is 10.0 Å². The van der Waals surface area contributed by atoms with Gasteiger partial charge in [0.05, 0.1) is 10.0 Å². The predicted molar refractivity (Wildman–Crippen MR) is 69.0 cm³/mol. The summed E-state index contributed by atoms with van der Waals surface area (Å²) in [4.78, 5) is 0. The lowest BCUT2D eigenvalue weighted by atomic mass is 10.0. The second-order valence-corrected chi connectivity index (χ2v) is 4.45. The van der Waals surface area contributed by atoms with Crippen LogP contribution in [0, 0.1) is 0 Å². The monoisotopic (exact) mass is 268 g/mol. The van der Waals surface area contributed by atoms with Crippen LogP contribution in [-0.4, -0.2) is 10.2 Å². The van der Waals surface area contributed by atoms with Gasteiger partial charge in [0.15, 0.2) is 0 Å². The van der Waals surface area contributed by atoms with E-state index >= 15 is 0 Å². The van der Waals surface area contributed by atoms with Gasteiger partial charge in [0, 0.05) is 12.0 Å². The highest BCUT2D eigenvalue weighted by Crippen LogP contribution is 2.35.